The van der Waals surface area contributed by atoms with Gasteiger partial charge in [-0.3, -0.25) is 4.79 Å². The molecule has 1 aromatic carbocycles. The number of thiophene rings is 1. The molecule has 0 bridgehead atoms. The first-order valence-corrected chi connectivity index (χ1v) is 9.13. The van der Waals surface area contributed by atoms with E-state index in [1.807, 2.05) is 17.5 Å². The highest BCUT2D eigenvalue weighted by molar-refractivity contribution is 9.10. The zero-order chi connectivity index (χ0) is 17.1. The molecule has 0 spiro atoms. The fraction of sp³-hybridized carbons (Fsp3) is 0.0714. The summed E-state index contributed by atoms with van der Waals surface area (Å²) >= 11 is 5.49. The van der Waals surface area contributed by atoms with Crippen molar-refractivity contribution in [1.29, 1.82) is 0 Å². The summed E-state index contributed by atoms with van der Waals surface area (Å²) in [6.45, 7) is 0. The summed E-state index contributed by atoms with van der Waals surface area (Å²) in [5.41, 5.74) is -0.119. The summed E-state index contributed by atoms with van der Waals surface area (Å²) in [7, 11) is 0. The number of nitrogens with one attached hydrogen (secondary N) is 1. The average Bonchev–Trinajstić information content (AvgIpc) is 3.19. The highest BCUT2D eigenvalue weighted by Crippen LogP contribution is 2.28. The number of amides is 1. The van der Waals surface area contributed by atoms with Gasteiger partial charge in [-0.15, -0.1) is 21.5 Å². The first-order chi connectivity index (χ1) is 11.5. The van der Waals surface area contributed by atoms with Crippen LogP contribution in [0, 0.1) is 11.6 Å². The van der Waals surface area contributed by atoms with Crippen LogP contribution in [-0.2, 0) is 4.79 Å². The van der Waals surface area contributed by atoms with E-state index in [0.717, 1.165) is 22.7 Å². The Kier molecular flexibility index (Phi) is 5.27. The average molecular weight is 432 g/mol. The zero-order valence-corrected chi connectivity index (χ0v) is 15.0. The molecule has 0 aliphatic heterocycles. The summed E-state index contributed by atoms with van der Waals surface area (Å²) in [6.07, 6.45) is 0. The van der Waals surface area contributed by atoms with E-state index < -0.39 is 17.5 Å². The Morgan fingerprint density at radius 1 is 1.38 bits per heavy atom. The second-order valence-corrected chi connectivity index (χ2v) is 7.16. The monoisotopic (exact) mass is 431 g/mol. The smallest absolute Gasteiger partial charge is 0.277 e. The summed E-state index contributed by atoms with van der Waals surface area (Å²) in [4.78, 5) is 12.7. The highest BCUT2D eigenvalue weighted by Gasteiger charge is 2.15. The van der Waals surface area contributed by atoms with E-state index in [9.17, 15) is 13.6 Å². The number of rotatable bonds is 5. The molecule has 2 aromatic heterocycles. The van der Waals surface area contributed by atoms with Crippen LogP contribution in [-0.4, -0.2) is 21.9 Å². The molecule has 3 aromatic rings. The molecule has 0 atom stereocenters. The van der Waals surface area contributed by atoms with Gasteiger partial charge in [0.25, 0.3) is 11.1 Å². The van der Waals surface area contributed by atoms with Crippen molar-refractivity contribution in [3.05, 3.63) is 45.8 Å². The molecular formula is C14H8BrF2N3O2S2. The number of anilines is 1. The maximum absolute atomic E-state index is 13.7. The molecule has 0 unspecified atom stereocenters. The lowest BCUT2D eigenvalue weighted by Gasteiger charge is -2.08. The van der Waals surface area contributed by atoms with Gasteiger partial charge in [-0.05, 0) is 33.4 Å². The molecule has 1 N–H and O–H groups in total. The Balaban J connectivity index is 1.60. The molecule has 124 valence electrons. The van der Waals surface area contributed by atoms with Crippen LogP contribution < -0.4 is 5.32 Å². The van der Waals surface area contributed by atoms with Crippen molar-refractivity contribution >= 4 is 50.6 Å². The number of thioether (sulfide) groups is 1. The van der Waals surface area contributed by atoms with Crippen LogP contribution in [0.15, 0.2) is 43.8 Å². The van der Waals surface area contributed by atoms with Gasteiger partial charge in [0, 0.05) is 10.5 Å². The third kappa shape index (κ3) is 4.00. The Hall–Kier alpha value is -1.78. The van der Waals surface area contributed by atoms with Crippen molar-refractivity contribution in [2.24, 2.45) is 0 Å². The lowest BCUT2D eigenvalue weighted by molar-refractivity contribution is -0.113. The summed E-state index contributed by atoms with van der Waals surface area (Å²) in [6, 6.07) is 5.46. The van der Waals surface area contributed by atoms with Gasteiger partial charge in [-0.1, -0.05) is 17.8 Å². The fourth-order valence-electron chi connectivity index (χ4n) is 1.73. The minimum Gasteiger partial charge on any atom is -0.410 e. The topological polar surface area (TPSA) is 68.0 Å². The molecule has 2 heterocycles. The van der Waals surface area contributed by atoms with Crippen LogP contribution in [0.25, 0.3) is 10.8 Å². The molecule has 24 heavy (non-hydrogen) atoms. The number of hydrogen-bond donors (Lipinski definition) is 1. The lowest BCUT2D eigenvalue weighted by Crippen LogP contribution is -2.15. The molecule has 0 saturated carbocycles. The lowest BCUT2D eigenvalue weighted by atomic mass is 10.3. The minimum atomic E-state index is -0.863. The SMILES string of the molecule is O=C(CSc1nnc(-c2cccs2)o1)Nc1c(F)cc(F)cc1Br. The largest absolute Gasteiger partial charge is 0.410 e. The Morgan fingerprint density at radius 2 is 2.21 bits per heavy atom. The van der Waals surface area contributed by atoms with Crippen LogP contribution in [0.4, 0.5) is 14.5 Å². The molecular weight excluding hydrogens is 424 g/mol. The Labute approximate surface area is 151 Å². The number of aromatic nitrogens is 2. The van der Waals surface area contributed by atoms with Gasteiger partial charge >= 0.3 is 0 Å². The van der Waals surface area contributed by atoms with Gasteiger partial charge in [0.1, 0.15) is 5.82 Å². The Bertz CT molecular complexity index is 848. The molecule has 10 heteroatoms. The van der Waals surface area contributed by atoms with Crippen LogP contribution in [0.1, 0.15) is 0 Å². The van der Waals surface area contributed by atoms with Crippen molar-refractivity contribution in [2.75, 3.05) is 11.1 Å². The number of carbonyl (C=O) groups is 1. The van der Waals surface area contributed by atoms with E-state index in [1.165, 1.54) is 11.3 Å². The zero-order valence-electron chi connectivity index (χ0n) is 11.8. The minimum absolute atomic E-state index is 0.0602. The van der Waals surface area contributed by atoms with Gasteiger partial charge in [-0.2, -0.15) is 0 Å². The first-order valence-electron chi connectivity index (χ1n) is 6.47. The van der Waals surface area contributed by atoms with Gasteiger partial charge in [0.2, 0.25) is 5.91 Å². The molecule has 0 aliphatic rings. The second-order valence-electron chi connectivity index (χ2n) is 4.43. The maximum atomic E-state index is 13.7. The summed E-state index contributed by atoms with van der Waals surface area (Å²) in [5, 5.41) is 12.2. The van der Waals surface area contributed by atoms with Gasteiger partial charge in [0.05, 0.1) is 16.3 Å². The van der Waals surface area contributed by atoms with Crippen LogP contribution in [0.2, 0.25) is 0 Å². The van der Waals surface area contributed by atoms with Crippen LogP contribution in [0.3, 0.4) is 0 Å². The van der Waals surface area contributed by atoms with E-state index in [-0.39, 0.29) is 21.1 Å². The van der Waals surface area contributed by atoms with E-state index >= 15 is 0 Å². The van der Waals surface area contributed by atoms with E-state index in [1.54, 1.807) is 0 Å². The maximum Gasteiger partial charge on any atom is 0.277 e. The van der Waals surface area contributed by atoms with Crippen molar-refractivity contribution < 1.29 is 18.0 Å². The predicted molar refractivity (Wildman–Crippen MR) is 91.0 cm³/mol. The first kappa shape index (κ1) is 17.1. The normalized spacial score (nSPS) is 10.8. The molecule has 3 rings (SSSR count). The quantitative estimate of drug-likeness (QED) is 0.599. The predicted octanol–water partition coefficient (Wildman–Crippen LogP) is 4.57. The second kappa shape index (κ2) is 7.41. The number of hydrogen-bond acceptors (Lipinski definition) is 6. The molecule has 0 radical (unpaired) electrons. The molecule has 5 nitrogen and oxygen atoms in total. The van der Waals surface area contributed by atoms with E-state index in [0.29, 0.717) is 12.0 Å². The van der Waals surface area contributed by atoms with Crippen LogP contribution >= 0.6 is 39.0 Å². The van der Waals surface area contributed by atoms with Crippen LogP contribution in [0.5, 0.6) is 0 Å². The van der Waals surface area contributed by atoms with Crippen molar-refractivity contribution in [3.8, 4) is 10.8 Å². The number of nitrogens with zero attached hydrogens (tertiary/aromatic N) is 2. The van der Waals surface area contributed by atoms with Gasteiger partial charge in [0.15, 0.2) is 5.82 Å². The molecule has 0 fully saturated rings. The number of halogens is 3. The van der Waals surface area contributed by atoms with Gasteiger partial charge < -0.3 is 9.73 Å². The third-order valence-electron chi connectivity index (χ3n) is 2.74. The van der Waals surface area contributed by atoms with Crippen molar-refractivity contribution in [2.45, 2.75) is 5.22 Å². The standard InChI is InChI=1S/C14H8BrF2N3O2S2/c15-8-4-7(16)5-9(17)12(8)18-11(21)6-24-14-20-19-13(22-14)10-2-1-3-23-10/h1-5H,6H2,(H,18,21). The third-order valence-corrected chi connectivity index (χ3v) is 5.04. The summed E-state index contributed by atoms with van der Waals surface area (Å²) in [5.74, 6) is -1.77. The molecule has 0 aliphatic carbocycles. The number of benzene rings is 1. The summed E-state index contributed by atoms with van der Waals surface area (Å²) < 4.78 is 32.2. The Morgan fingerprint density at radius 3 is 2.92 bits per heavy atom. The van der Waals surface area contributed by atoms with Crippen molar-refractivity contribution in [3.63, 3.8) is 0 Å². The van der Waals surface area contributed by atoms with E-state index in [2.05, 4.69) is 31.4 Å². The van der Waals surface area contributed by atoms with Gasteiger partial charge in [-0.25, -0.2) is 8.78 Å². The highest BCUT2D eigenvalue weighted by atomic mass is 79.9. The molecule has 0 saturated heterocycles. The number of carbonyl (C=O) groups excluding carboxylic acids is 1. The van der Waals surface area contributed by atoms with Crippen molar-refractivity contribution in [1.82, 2.24) is 10.2 Å². The molecule has 1 amide bonds. The van der Waals surface area contributed by atoms with E-state index in [4.69, 9.17) is 4.42 Å². The fourth-order valence-corrected chi connectivity index (χ4v) is 3.45.